The fraction of sp³-hybridized carbons (Fsp3) is 0.333. The number of methoxy groups -OCH3 is 1. The van der Waals surface area contributed by atoms with Gasteiger partial charge in [0.1, 0.15) is 11.9 Å². The van der Waals surface area contributed by atoms with Crippen molar-refractivity contribution in [1.82, 2.24) is 0 Å². The molecular formula is C36H39ClO6. The van der Waals surface area contributed by atoms with E-state index in [9.17, 15) is 5.11 Å². The summed E-state index contributed by atoms with van der Waals surface area (Å²) in [5, 5.41) is 10.9. The highest BCUT2D eigenvalue weighted by Crippen LogP contribution is 2.43. The average Bonchev–Trinajstić information content (AvgIpc) is 3.05. The maximum Gasteiger partial charge on any atom is 0.224 e. The fourth-order valence-corrected chi connectivity index (χ4v) is 5.73. The van der Waals surface area contributed by atoms with Gasteiger partial charge in [-0.3, -0.25) is 0 Å². The maximum absolute atomic E-state index is 10.3. The zero-order valence-corrected chi connectivity index (χ0v) is 25.4. The van der Waals surface area contributed by atoms with Crippen molar-refractivity contribution in [3.05, 3.63) is 136 Å². The molecule has 2 unspecified atom stereocenters. The lowest BCUT2D eigenvalue weighted by Crippen LogP contribution is -2.59. The number of ether oxygens (including phenoxy) is 5. The monoisotopic (exact) mass is 602 g/mol. The Labute approximate surface area is 259 Å². The molecule has 1 heterocycles. The number of hydrogen-bond donors (Lipinski definition) is 1. The molecule has 7 heteroatoms. The van der Waals surface area contributed by atoms with Gasteiger partial charge in [-0.1, -0.05) is 90.5 Å². The molecule has 1 saturated heterocycles. The summed E-state index contributed by atoms with van der Waals surface area (Å²) >= 11 is 6.73. The van der Waals surface area contributed by atoms with Crippen molar-refractivity contribution in [3.8, 4) is 5.75 Å². The number of rotatable bonds is 13. The summed E-state index contributed by atoms with van der Waals surface area (Å²) in [6.45, 7) is 3.12. The third-order valence-corrected chi connectivity index (χ3v) is 8.08. The molecule has 1 aliphatic heterocycles. The number of aliphatic hydroxyl groups excluding tert-OH is 1. The largest absolute Gasteiger partial charge is 0.494 e. The topological polar surface area (TPSA) is 66.4 Å². The molecule has 0 amide bonds. The van der Waals surface area contributed by atoms with Crippen LogP contribution in [-0.4, -0.2) is 43.7 Å². The predicted octanol–water partition coefficient (Wildman–Crippen LogP) is 7.08. The van der Waals surface area contributed by atoms with Gasteiger partial charge in [0.25, 0.3) is 0 Å². The molecule has 226 valence electrons. The van der Waals surface area contributed by atoms with Gasteiger partial charge in [-0.05, 0) is 59.9 Å². The third-order valence-electron chi connectivity index (χ3n) is 7.71. The second-order valence-electron chi connectivity index (χ2n) is 10.6. The summed E-state index contributed by atoms with van der Waals surface area (Å²) in [4.78, 5) is 0. The van der Waals surface area contributed by atoms with Crippen LogP contribution in [0.5, 0.6) is 5.75 Å². The van der Waals surface area contributed by atoms with E-state index in [-0.39, 0.29) is 6.61 Å². The molecule has 0 aromatic heterocycles. The van der Waals surface area contributed by atoms with Crippen LogP contribution >= 0.6 is 11.6 Å². The van der Waals surface area contributed by atoms with Crippen LogP contribution < -0.4 is 4.74 Å². The molecule has 4 aromatic carbocycles. The van der Waals surface area contributed by atoms with Crippen molar-refractivity contribution in [2.75, 3.05) is 20.3 Å². The number of hydrogen-bond acceptors (Lipinski definition) is 6. The van der Waals surface area contributed by atoms with Crippen LogP contribution in [0.15, 0.2) is 103 Å². The van der Waals surface area contributed by atoms with Gasteiger partial charge in [0.15, 0.2) is 0 Å². The SMILES string of the molecule is CCOc1ccc(Cc2cc([C@]3(OC)OC(CO)CC(OCc4ccccc4)[C@H]3OCc3ccccc3)ccc2Cl)cc1. The van der Waals surface area contributed by atoms with E-state index in [4.69, 9.17) is 35.3 Å². The Kier molecular flexibility index (Phi) is 10.9. The Bertz CT molecular complexity index is 1420. The minimum Gasteiger partial charge on any atom is -0.494 e. The Morgan fingerprint density at radius 3 is 2.09 bits per heavy atom. The molecule has 4 atom stereocenters. The van der Waals surface area contributed by atoms with Crippen LogP contribution in [0.3, 0.4) is 0 Å². The van der Waals surface area contributed by atoms with Crippen LogP contribution in [0, 0.1) is 0 Å². The van der Waals surface area contributed by atoms with Crippen molar-refractivity contribution >= 4 is 11.6 Å². The summed E-state index contributed by atoms with van der Waals surface area (Å²) in [5.74, 6) is -0.532. The van der Waals surface area contributed by atoms with Gasteiger partial charge >= 0.3 is 0 Å². The summed E-state index contributed by atoms with van der Waals surface area (Å²) in [6.07, 6.45) is -0.557. The first-order valence-corrected chi connectivity index (χ1v) is 15.1. The summed E-state index contributed by atoms with van der Waals surface area (Å²) in [5.41, 5.74) is 4.81. The van der Waals surface area contributed by atoms with Crippen molar-refractivity contribution in [2.24, 2.45) is 0 Å². The minimum absolute atomic E-state index is 0.186. The molecular weight excluding hydrogens is 564 g/mol. The Morgan fingerprint density at radius 1 is 0.837 bits per heavy atom. The molecule has 1 fully saturated rings. The zero-order valence-electron chi connectivity index (χ0n) is 24.7. The Hall–Kier alpha value is -3.23. The van der Waals surface area contributed by atoms with Crippen molar-refractivity contribution < 1.29 is 28.8 Å². The predicted molar refractivity (Wildman–Crippen MR) is 167 cm³/mol. The smallest absolute Gasteiger partial charge is 0.224 e. The van der Waals surface area contributed by atoms with Gasteiger partial charge in [0.2, 0.25) is 5.79 Å². The average molecular weight is 603 g/mol. The number of aliphatic hydroxyl groups is 1. The van der Waals surface area contributed by atoms with Gasteiger partial charge in [0, 0.05) is 24.1 Å². The lowest BCUT2D eigenvalue weighted by atomic mass is 9.87. The summed E-state index contributed by atoms with van der Waals surface area (Å²) < 4.78 is 31.6. The van der Waals surface area contributed by atoms with E-state index in [1.807, 2.05) is 110 Å². The van der Waals surface area contributed by atoms with Gasteiger partial charge in [-0.25, -0.2) is 0 Å². The van der Waals surface area contributed by atoms with Gasteiger partial charge in [-0.2, -0.15) is 0 Å². The van der Waals surface area contributed by atoms with E-state index in [0.29, 0.717) is 37.7 Å². The van der Waals surface area contributed by atoms with E-state index in [0.717, 1.165) is 33.6 Å². The van der Waals surface area contributed by atoms with Gasteiger partial charge in [0.05, 0.1) is 38.6 Å². The van der Waals surface area contributed by atoms with E-state index < -0.39 is 24.1 Å². The number of halogens is 1. The van der Waals surface area contributed by atoms with Crippen LogP contribution in [0.2, 0.25) is 5.02 Å². The van der Waals surface area contributed by atoms with Crippen LogP contribution in [0.1, 0.15) is 41.2 Å². The highest BCUT2D eigenvalue weighted by atomic mass is 35.5. The van der Waals surface area contributed by atoms with Crippen molar-refractivity contribution in [3.63, 3.8) is 0 Å². The van der Waals surface area contributed by atoms with Crippen molar-refractivity contribution in [1.29, 1.82) is 0 Å². The van der Waals surface area contributed by atoms with Gasteiger partial charge in [-0.15, -0.1) is 0 Å². The first kappa shape index (κ1) is 31.2. The highest BCUT2D eigenvalue weighted by molar-refractivity contribution is 6.31. The van der Waals surface area contributed by atoms with Crippen LogP contribution in [0.4, 0.5) is 0 Å². The van der Waals surface area contributed by atoms with Crippen molar-refractivity contribution in [2.45, 2.75) is 57.1 Å². The highest BCUT2D eigenvalue weighted by Gasteiger charge is 2.53. The minimum atomic E-state index is -1.36. The molecule has 1 N–H and O–H groups in total. The second kappa shape index (κ2) is 15.0. The Morgan fingerprint density at radius 2 is 1.49 bits per heavy atom. The summed E-state index contributed by atoms with van der Waals surface area (Å²) in [6, 6.07) is 33.8. The molecule has 0 aliphatic carbocycles. The van der Waals surface area contributed by atoms with E-state index in [1.54, 1.807) is 7.11 Å². The normalized spacial score (nSPS) is 21.9. The quantitative estimate of drug-likeness (QED) is 0.176. The molecule has 5 rings (SSSR count). The molecule has 4 aromatic rings. The van der Waals surface area contributed by atoms with E-state index >= 15 is 0 Å². The lowest BCUT2D eigenvalue weighted by Gasteiger charge is -2.48. The molecule has 0 radical (unpaired) electrons. The maximum atomic E-state index is 10.3. The molecule has 1 aliphatic rings. The molecule has 0 saturated carbocycles. The standard InChI is InChI=1S/C36H39ClO6/c1-3-40-31-17-14-26(15-18-31)20-29-21-30(16-19-33(29)37)36(39-2)35(42-25-28-12-8-5-9-13-28)34(22-32(23-38)43-36)41-24-27-10-6-4-7-11-27/h4-19,21,32,34-35,38H,3,20,22-25H2,1-2H3/t32?,34?,35-,36+/m1/s1. The van der Waals surface area contributed by atoms with E-state index in [2.05, 4.69) is 0 Å². The van der Waals surface area contributed by atoms with Gasteiger partial charge < -0.3 is 28.8 Å². The zero-order chi connectivity index (χ0) is 30.1. The first-order valence-electron chi connectivity index (χ1n) is 14.7. The van der Waals surface area contributed by atoms with E-state index in [1.165, 1.54) is 0 Å². The summed E-state index contributed by atoms with van der Waals surface area (Å²) in [7, 11) is 1.60. The van der Waals surface area contributed by atoms with Crippen LogP contribution in [-0.2, 0) is 44.4 Å². The molecule has 0 bridgehead atoms. The molecule has 6 nitrogen and oxygen atoms in total. The third kappa shape index (κ3) is 7.65. The van der Waals surface area contributed by atoms with Crippen LogP contribution in [0.25, 0.3) is 0 Å². The lowest BCUT2D eigenvalue weighted by molar-refractivity contribution is -0.359. The first-order chi connectivity index (χ1) is 21.0. The number of benzene rings is 4. The molecule has 43 heavy (non-hydrogen) atoms. The fourth-order valence-electron chi connectivity index (χ4n) is 5.54. The second-order valence-corrected chi connectivity index (χ2v) is 11.0. The molecule has 0 spiro atoms. The Balaban J connectivity index is 1.49.